The first-order valence-electron chi connectivity index (χ1n) is 7.76. The number of fused-ring (bicyclic) bond motifs is 1. The van der Waals surface area contributed by atoms with Gasteiger partial charge in [-0.25, -0.2) is 0 Å². The van der Waals surface area contributed by atoms with Crippen molar-refractivity contribution in [2.45, 2.75) is 54.4 Å². The van der Waals surface area contributed by atoms with Crippen molar-refractivity contribution in [2.75, 3.05) is 0 Å². The van der Waals surface area contributed by atoms with E-state index in [9.17, 15) is 0 Å². The average molecular weight is 246 g/mol. The van der Waals surface area contributed by atoms with Crippen LogP contribution in [0.15, 0.2) is 23.3 Å². The van der Waals surface area contributed by atoms with E-state index < -0.39 is 0 Å². The van der Waals surface area contributed by atoms with Gasteiger partial charge in [0.25, 0.3) is 0 Å². The Balaban J connectivity index is 2.45. The fourth-order valence-corrected chi connectivity index (χ4v) is 4.55. The highest BCUT2D eigenvalue weighted by Crippen LogP contribution is 2.47. The topological polar surface area (TPSA) is 0 Å². The van der Waals surface area contributed by atoms with Gasteiger partial charge in [0.05, 0.1) is 0 Å². The van der Waals surface area contributed by atoms with Crippen molar-refractivity contribution in [2.24, 2.45) is 35.5 Å². The molecule has 0 amide bonds. The predicted molar refractivity (Wildman–Crippen MR) is 80.4 cm³/mol. The molecular weight excluding hydrogens is 216 g/mol. The minimum Gasteiger partial charge on any atom is -0.0850 e. The Bertz CT molecular complexity index is 360. The van der Waals surface area contributed by atoms with E-state index >= 15 is 0 Å². The molecule has 0 saturated heterocycles. The maximum Gasteiger partial charge on any atom is -0.0109 e. The van der Waals surface area contributed by atoms with Crippen LogP contribution in [0.2, 0.25) is 0 Å². The lowest BCUT2D eigenvalue weighted by Crippen LogP contribution is -2.29. The van der Waals surface area contributed by atoms with E-state index in [0.717, 1.165) is 35.5 Å². The molecular formula is C18H30. The molecule has 0 bridgehead atoms. The predicted octanol–water partition coefficient (Wildman–Crippen LogP) is 5.46. The van der Waals surface area contributed by atoms with Crippen LogP contribution in [0.5, 0.6) is 0 Å². The minimum absolute atomic E-state index is 0.752. The van der Waals surface area contributed by atoms with E-state index in [4.69, 9.17) is 0 Å². The Morgan fingerprint density at radius 3 is 2.22 bits per heavy atom. The van der Waals surface area contributed by atoms with Gasteiger partial charge in [0.15, 0.2) is 0 Å². The summed E-state index contributed by atoms with van der Waals surface area (Å²) in [4.78, 5) is 0. The largest absolute Gasteiger partial charge is 0.0850 e. The van der Waals surface area contributed by atoms with E-state index in [1.54, 1.807) is 11.1 Å². The summed E-state index contributed by atoms with van der Waals surface area (Å²) >= 11 is 0. The fraction of sp³-hybridized carbons (Fsp3) is 0.778. The maximum atomic E-state index is 2.56. The standard InChI is InChI=1S/C18H30/c1-11-9-14(4)17-13(3)8-7-12(2)16(6)18(17)15(5)10-11/h8,10-12,14,16-18H,7,9H2,1-6H3. The molecule has 0 N–H and O–H groups in total. The summed E-state index contributed by atoms with van der Waals surface area (Å²) in [5, 5.41) is 0. The van der Waals surface area contributed by atoms with Gasteiger partial charge in [0.1, 0.15) is 0 Å². The molecule has 0 aromatic heterocycles. The number of hydrogen-bond donors (Lipinski definition) is 0. The van der Waals surface area contributed by atoms with Crippen LogP contribution in [0.4, 0.5) is 0 Å². The third-order valence-electron chi connectivity index (χ3n) is 5.62. The molecule has 6 unspecified atom stereocenters. The molecule has 0 spiro atoms. The van der Waals surface area contributed by atoms with Gasteiger partial charge >= 0.3 is 0 Å². The normalized spacial score (nSPS) is 45.4. The van der Waals surface area contributed by atoms with E-state index in [1.165, 1.54) is 12.8 Å². The highest BCUT2D eigenvalue weighted by Gasteiger charge is 2.38. The first-order valence-corrected chi connectivity index (χ1v) is 7.76. The van der Waals surface area contributed by atoms with Crippen molar-refractivity contribution >= 4 is 0 Å². The van der Waals surface area contributed by atoms with Gasteiger partial charge in [-0.05, 0) is 62.2 Å². The molecule has 0 nitrogen and oxygen atoms in total. The van der Waals surface area contributed by atoms with Crippen LogP contribution in [0.1, 0.15) is 54.4 Å². The average Bonchev–Trinajstić information content (AvgIpc) is 2.46. The summed E-state index contributed by atoms with van der Waals surface area (Å²) in [5.74, 6) is 4.77. The molecule has 6 atom stereocenters. The van der Waals surface area contributed by atoms with Crippen molar-refractivity contribution in [3.05, 3.63) is 23.3 Å². The van der Waals surface area contributed by atoms with Gasteiger partial charge in [0.2, 0.25) is 0 Å². The lowest BCUT2D eigenvalue weighted by molar-refractivity contribution is 0.204. The maximum absolute atomic E-state index is 2.56. The highest BCUT2D eigenvalue weighted by atomic mass is 14.4. The van der Waals surface area contributed by atoms with Crippen LogP contribution in [0.3, 0.4) is 0 Å². The van der Waals surface area contributed by atoms with Crippen LogP contribution in [-0.2, 0) is 0 Å². The summed E-state index contributed by atoms with van der Waals surface area (Å²) in [6.45, 7) is 14.5. The van der Waals surface area contributed by atoms with Crippen LogP contribution in [0, 0.1) is 35.5 Å². The van der Waals surface area contributed by atoms with Crippen LogP contribution in [-0.4, -0.2) is 0 Å². The molecule has 102 valence electrons. The Morgan fingerprint density at radius 1 is 0.889 bits per heavy atom. The molecule has 0 aromatic rings. The van der Waals surface area contributed by atoms with Crippen LogP contribution >= 0.6 is 0 Å². The SMILES string of the molecule is CC1=CCC(C)C(C)C2C(C)=CC(C)CC(C)C12. The number of hydrogen-bond acceptors (Lipinski definition) is 0. The van der Waals surface area contributed by atoms with Gasteiger partial charge in [-0.2, -0.15) is 0 Å². The second-order valence-electron chi connectivity index (χ2n) is 7.17. The molecule has 0 fully saturated rings. The molecule has 0 heterocycles. The molecule has 0 aromatic carbocycles. The first kappa shape index (κ1) is 13.9. The Hall–Kier alpha value is -0.520. The lowest BCUT2D eigenvalue weighted by atomic mass is 9.69. The summed E-state index contributed by atoms with van der Waals surface area (Å²) in [6.07, 6.45) is 7.72. The molecule has 2 rings (SSSR count). The molecule has 0 heteroatoms. The zero-order chi connectivity index (χ0) is 13.4. The quantitative estimate of drug-likeness (QED) is 0.498. The monoisotopic (exact) mass is 246 g/mol. The molecule has 18 heavy (non-hydrogen) atoms. The summed E-state index contributed by atoms with van der Waals surface area (Å²) in [6, 6.07) is 0. The zero-order valence-electron chi connectivity index (χ0n) is 13.0. The van der Waals surface area contributed by atoms with Gasteiger partial charge < -0.3 is 0 Å². The highest BCUT2D eigenvalue weighted by molar-refractivity contribution is 5.21. The van der Waals surface area contributed by atoms with Crippen LogP contribution < -0.4 is 0 Å². The molecule has 2 aliphatic rings. The Labute approximate surface area is 114 Å². The van der Waals surface area contributed by atoms with Crippen molar-refractivity contribution in [1.82, 2.24) is 0 Å². The minimum atomic E-state index is 0.752. The van der Waals surface area contributed by atoms with Crippen LogP contribution in [0.25, 0.3) is 0 Å². The van der Waals surface area contributed by atoms with E-state index in [2.05, 4.69) is 53.7 Å². The molecule has 2 aliphatic carbocycles. The van der Waals surface area contributed by atoms with Gasteiger partial charge in [0, 0.05) is 0 Å². The molecule has 0 radical (unpaired) electrons. The van der Waals surface area contributed by atoms with E-state index in [1.807, 2.05) is 0 Å². The van der Waals surface area contributed by atoms with Crippen molar-refractivity contribution in [3.8, 4) is 0 Å². The summed E-state index contributed by atoms with van der Waals surface area (Å²) in [7, 11) is 0. The lowest BCUT2D eigenvalue weighted by Gasteiger charge is -2.36. The number of rotatable bonds is 0. The third kappa shape index (κ3) is 2.44. The van der Waals surface area contributed by atoms with Crippen molar-refractivity contribution in [1.29, 1.82) is 0 Å². The van der Waals surface area contributed by atoms with Gasteiger partial charge in [-0.1, -0.05) is 51.0 Å². The fourth-order valence-electron chi connectivity index (χ4n) is 4.55. The molecule has 0 aliphatic heterocycles. The van der Waals surface area contributed by atoms with Gasteiger partial charge in [-0.15, -0.1) is 0 Å². The van der Waals surface area contributed by atoms with E-state index in [-0.39, 0.29) is 0 Å². The summed E-state index contributed by atoms with van der Waals surface area (Å²) in [5.41, 5.74) is 3.32. The Kier molecular flexibility index (Phi) is 4.04. The second kappa shape index (κ2) is 5.23. The van der Waals surface area contributed by atoms with E-state index in [0.29, 0.717) is 0 Å². The first-order chi connectivity index (χ1) is 8.41. The van der Waals surface area contributed by atoms with Crippen molar-refractivity contribution < 1.29 is 0 Å². The Morgan fingerprint density at radius 2 is 1.56 bits per heavy atom. The van der Waals surface area contributed by atoms with Gasteiger partial charge in [-0.3, -0.25) is 0 Å². The third-order valence-corrected chi connectivity index (χ3v) is 5.62. The number of allylic oxidation sites excluding steroid dienone is 4. The van der Waals surface area contributed by atoms with Crippen molar-refractivity contribution in [3.63, 3.8) is 0 Å². The summed E-state index contributed by atoms with van der Waals surface area (Å²) < 4.78 is 0. The molecule has 0 saturated carbocycles. The second-order valence-corrected chi connectivity index (χ2v) is 7.17. The smallest absolute Gasteiger partial charge is 0.0109 e. The zero-order valence-corrected chi connectivity index (χ0v) is 13.0.